The topological polar surface area (TPSA) is 58.3 Å². The van der Waals surface area contributed by atoms with Crippen molar-refractivity contribution in [2.24, 2.45) is 0 Å². The monoisotopic (exact) mass is 284 g/mol. The molecule has 0 saturated carbocycles. The van der Waals surface area contributed by atoms with E-state index in [-0.39, 0.29) is 6.61 Å². The SMILES string of the molecule is OCC(O)CSc1nccn1-c1cccc(Cl)c1. The summed E-state index contributed by atoms with van der Waals surface area (Å²) in [5.41, 5.74) is 0.918. The van der Waals surface area contributed by atoms with Crippen LogP contribution in [0.3, 0.4) is 0 Å². The second-order valence-corrected chi connectivity index (χ2v) is 5.13. The lowest BCUT2D eigenvalue weighted by Gasteiger charge is -2.09. The maximum absolute atomic E-state index is 9.33. The van der Waals surface area contributed by atoms with E-state index in [9.17, 15) is 5.11 Å². The molecule has 0 aliphatic rings. The van der Waals surface area contributed by atoms with Crippen molar-refractivity contribution in [3.8, 4) is 5.69 Å². The summed E-state index contributed by atoms with van der Waals surface area (Å²) in [6.45, 7) is -0.245. The highest BCUT2D eigenvalue weighted by molar-refractivity contribution is 7.99. The van der Waals surface area contributed by atoms with Crippen molar-refractivity contribution in [1.82, 2.24) is 9.55 Å². The molecule has 2 rings (SSSR count). The summed E-state index contributed by atoms with van der Waals surface area (Å²) in [4.78, 5) is 4.22. The molecule has 1 atom stereocenters. The van der Waals surface area contributed by atoms with E-state index in [2.05, 4.69) is 4.98 Å². The summed E-state index contributed by atoms with van der Waals surface area (Å²) in [6, 6.07) is 7.45. The zero-order valence-electron chi connectivity index (χ0n) is 9.53. The molecule has 96 valence electrons. The van der Waals surface area contributed by atoms with Gasteiger partial charge in [0.05, 0.1) is 12.7 Å². The number of aliphatic hydroxyl groups excluding tert-OH is 2. The Morgan fingerprint density at radius 1 is 1.44 bits per heavy atom. The molecule has 0 aliphatic heterocycles. The number of thioether (sulfide) groups is 1. The molecule has 1 heterocycles. The highest BCUT2D eigenvalue weighted by Crippen LogP contribution is 2.22. The van der Waals surface area contributed by atoms with Crippen LogP contribution in [0.25, 0.3) is 5.69 Å². The lowest BCUT2D eigenvalue weighted by atomic mass is 10.3. The molecule has 1 aromatic carbocycles. The van der Waals surface area contributed by atoms with Gasteiger partial charge in [0.15, 0.2) is 5.16 Å². The third-order valence-corrected chi connectivity index (χ3v) is 3.66. The Hall–Kier alpha value is -1.01. The number of benzene rings is 1. The molecule has 18 heavy (non-hydrogen) atoms. The number of hydrogen-bond acceptors (Lipinski definition) is 4. The van der Waals surface area contributed by atoms with Gasteiger partial charge in [0.25, 0.3) is 0 Å². The first-order valence-electron chi connectivity index (χ1n) is 5.41. The normalized spacial score (nSPS) is 12.6. The van der Waals surface area contributed by atoms with Crippen LogP contribution in [0, 0.1) is 0 Å². The van der Waals surface area contributed by atoms with Gasteiger partial charge in [-0.15, -0.1) is 0 Å². The summed E-state index contributed by atoms with van der Waals surface area (Å²) in [5, 5.41) is 19.5. The van der Waals surface area contributed by atoms with E-state index in [1.165, 1.54) is 11.8 Å². The van der Waals surface area contributed by atoms with Crippen LogP contribution in [0.15, 0.2) is 41.8 Å². The second kappa shape index (κ2) is 6.24. The Morgan fingerprint density at radius 2 is 2.28 bits per heavy atom. The smallest absolute Gasteiger partial charge is 0.172 e. The standard InChI is InChI=1S/C12H13ClN2O2S/c13-9-2-1-3-10(6-9)15-5-4-14-12(15)18-8-11(17)7-16/h1-6,11,16-17H,7-8H2. The van der Waals surface area contributed by atoms with Crippen LogP contribution in [-0.2, 0) is 0 Å². The lowest BCUT2D eigenvalue weighted by Crippen LogP contribution is -2.15. The zero-order chi connectivity index (χ0) is 13.0. The molecule has 1 unspecified atom stereocenters. The minimum absolute atomic E-state index is 0.245. The fraction of sp³-hybridized carbons (Fsp3) is 0.250. The third-order valence-electron chi connectivity index (χ3n) is 2.31. The Bertz CT molecular complexity index is 518. The first-order valence-corrected chi connectivity index (χ1v) is 6.78. The number of nitrogens with zero attached hydrogens (tertiary/aromatic N) is 2. The molecule has 0 radical (unpaired) electrons. The minimum atomic E-state index is -0.737. The molecular formula is C12H13ClN2O2S. The molecule has 0 amide bonds. The molecule has 4 nitrogen and oxygen atoms in total. The number of hydrogen-bond donors (Lipinski definition) is 2. The van der Waals surface area contributed by atoms with Gasteiger partial charge in [0.2, 0.25) is 0 Å². The van der Waals surface area contributed by atoms with Crippen molar-refractivity contribution >= 4 is 23.4 Å². The van der Waals surface area contributed by atoms with E-state index in [1.54, 1.807) is 6.20 Å². The first-order chi connectivity index (χ1) is 8.70. The number of imidazole rings is 1. The van der Waals surface area contributed by atoms with Crippen molar-refractivity contribution in [3.05, 3.63) is 41.7 Å². The van der Waals surface area contributed by atoms with Crippen LogP contribution in [0.1, 0.15) is 0 Å². The molecule has 1 aromatic heterocycles. The van der Waals surface area contributed by atoms with Crippen molar-refractivity contribution in [2.75, 3.05) is 12.4 Å². The number of rotatable bonds is 5. The van der Waals surface area contributed by atoms with Crippen molar-refractivity contribution < 1.29 is 10.2 Å². The van der Waals surface area contributed by atoms with E-state index in [0.717, 1.165) is 10.8 Å². The van der Waals surface area contributed by atoms with Gasteiger partial charge in [-0.25, -0.2) is 4.98 Å². The molecule has 2 aromatic rings. The van der Waals surface area contributed by atoms with Gasteiger partial charge in [0, 0.05) is 28.9 Å². The molecule has 0 aliphatic carbocycles. The maximum atomic E-state index is 9.33. The van der Waals surface area contributed by atoms with Crippen molar-refractivity contribution in [1.29, 1.82) is 0 Å². The van der Waals surface area contributed by atoms with Gasteiger partial charge >= 0.3 is 0 Å². The molecule has 0 spiro atoms. The first kappa shape index (κ1) is 13.4. The number of aliphatic hydroxyl groups is 2. The van der Waals surface area contributed by atoms with E-state index >= 15 is 0 Å². The molecular weight excluding hydrogens is 272 g/mol. The van der Waals surface area contributed by atoms with Gasteiger partial charge in [0.1, 0.15) is 0 Å². The van der Waals surface area contributed by atoms with Crippen LogP contribution in [0.5, 0.6) is 0 Å². The highest BCUT2D eigenvalue weighted by atomic mass is 35.5. The molecule has 0 saturated heterocycles. The van der Waals surface area contributed by atoms with E-state index in [0.29, 0.717) is 10.8 Å². The van der Waals surface area contributed by atoms with Gasteiger partial charge in [-0.2, -0.15) is 0 Å². The number of halogens is 1. The third kappa shape index (κ3) is 3.26. The largest absolute Gasteiger partial charge is 0.394 e. The molecule has 0 bridgehead atoms. The van der Waals surface area contributed by atoms with Crippen LogP contribution >= 0.6 is 23.4 Å². The predicted octanol–water partition coefficient (Wildman–Crippen LogP) is 1.97. The van der Waals surface area contributed by atoms with Gasteiger partial charge < -0.3 is 10.2 Å². The van der Waals surface area contributed by atoms with Gasteiger partial charge in [-0.05, 0) is 18.2 Å². The fourth-order valence-corrected chi connectivity index (χ4v) is 2.51. The minimum Gasteiger partial charge on any atom is -0.394 e. The van der Waals surface area contributed by atoms with E-state index in [4.69, 9.17) is 16.7 Å². The van der Waals surface area contributed by atoms with Crippen LogP contribution in [-0.4, -0.2) is 38.2 Å². The average Bonchev–Trinajstić information content (AvgIpc) is 2.84. The molecule has 6 heteroatoms. The highest BCUT2D eigenvalue weighted by Gasteiger charge is 2.09. The predicted molar refractivity (Wildman–Crippen MR) is 72.4 cm³/mol. The summed E-state index contributed by atoms with van der Waals surface area (Å²) in [5.74, 6) is 0.397. The lowest BCUT2D eigenvalue weighted by molar-refractivity contribution is 0.113. The summed E-state index contributed by atoms with van der Waals surface area (Å²) < 4.78 is 1.89. The fourth-order valence-electron chi connectivity index (χ4n) is 1.44. The zero-order valence-corrected chi connectivity index (χ0v) is 11.1. The quantitative estimate of drug-likeness (QED) is 0.824. The number of aromatic nitrogens is 2. The average molecular weight is 285 g/mol. The molecule has 0 fully saturated rings. The van der Waals surface area contributed by atoms with Crippen LogP contribution in [0.4, 0.5) is 0 Å². The van der Waals surface area contributed by atoms with E-state index in [1.807, 2.05) is 35.0 Å². The summed E-state index contributed by atoms with van der Waals surface area (Å²) in [7, 11) is 0. The van der Waals surface area contributed by atoms with Crippen LogP contribution < -0.4 is 0 Å². The van der Waals surface area contributed by atoms with Crippen molar-refractivity contribution in [3.63, 3.8) is 0 Å². The maximum Gasteiger partial charge on any atom is 0.172 e. The van der Waals surface area contributed by atoms with Gasteiger partial charge in [-0.1, -0.05) is 29.4 Å². The summed E-state index contributed by atoms with van der Waals surface area (Å²) in [6.07, 6.45) is 2.79. The Morgan fingerprint density at radius 3 is 3.00 bits per heavy atom. The molecule has 2 N–H and O–H groups in total. The second-order valence-electron chi connectivity index (χ2n) is 3.71. The Kier molecular flexibility index (Phi) is 4.66. The van der Waals surface area contributed by atoms with Crippen LogP contribution in [0.2, 0.25) is 5.02 Å². The van der Waals surface area contributed by atoms with E-state index < -0.39 is 6.10 Å². The van der Waals surface area contributed by atoms with Crippen molar-refractivity contribution in [2.45, 2.75) is 11.3 Å². The Balaban J connectivity index is 2.17. The Labute approximate surface area is 114 Å². The van der Waals surface area contributed by atoms with Gasteiger partial charge in [-0.3, -0.25) is 4.57 Å². The summed E-state index contributed by atoms with van der Waals surface area (Å²) >= 11 is 7.34.